The van der Waals surface area contributed by atoms with E-state index in [0.717, 1.165) is 0 Å². The maximum atomic E-state index is 13.0. The van der Waals surface area contributed by atoms with E-state index in [0.29, 0.717) is 10.9 Å². The van der Waals surface area contributed by atoms with E-state index in [-0.39, 0.29) is 23.8 Å². The van der Waals surface area contributed by atoms with Gasteiger partial charge in [-0.05, 0) is 31.2 Å². The lowest BCUT2D eigenvalue weighted by atomic mass is 10.1. The lowest BCUT2D eigenvalue weighted by Gasteiger charge is -2.06. The minimum absolute atomic E-state index is 0.0611. The minimum Gasteiger partial charge on any atom is -0.461 e. The third kappa shape index (κ3) is 2.18. The molecular weight excluding hydrogens is 223 g/mol. The van der Waals surface area contributed by atoms with Gasteiger partial charge in [0.2, 0.25) is 0 Å². The number of ether oxygens (including phenoxy) is 1. The second kappa shape index (κ2) is 4.37. The number of fused-ring (bicyclic) bond motifs is 1. The number of hydrogen-bond acceptors (Lipinski definition) is 4. The summed E-state index contributed by atoms with van der Waals surface area (Å²) in [6.45, 7) is 1.95. The summed E-state index contributed by atoms with van der Waals surface area (Å²) in [5.74, 6) is -0.946. The molecule has 0 saturated carbocycles. The van der Waals surface area contributed by atoms with Crippen molar-refractivity contribution in [2.24, 2.45) is 0 Å². The standard InChI is InChI=1S/C12H11FN2O2/c1-2-17-12(16)11-9(14)6-7-5-8(13)3-4-10(7)15-11/h3-6H,2,14H2,1H3. The van der Waals surface area contributed by atoms with Crippen LogP contribution in [0, 0.1) is 5.82 Å². The molecule has 0 aliphatic rings. The van der Waals surface area contributed by atoms with Crippen molar-refractivity contribution in [2.45, 2.75) is 6.92 Å². The topological polar surface area (TPSA) is 65.2 Å². The van der Waals surface area contributed by atoms with E-state index >= 15 is 0 Å². The van der Waals surface area contributed by atoms with E-state index < -0.39 is 5.97 Å². The summed E-state index contributed by atoms with van der Waals surface area (Å²) in [5.41, 5.74) is 6.43. The van der Waals surface area contributed by atoms with Gasteiger partial charge in [0, 0.05) is 5.39 Å². The van der Waals surface area contributed by atoms with Gasteiger partial charge in [-0.2, -0.15) is 0 Å². The fraction of sp³-hybridized carbons (Fsp3) is 0.167. The molecule has 2 rings (SSSR count). The van der Waals surface area contributed by atoms with Crippen LogP contribution in [0.15, 0.2) is 24.3 Å². The molecule has 2 aromatic rings. The Kier molecular flexibility index (Phi) is 2.91. The lowest BCUT2D eigenvalue weighted by Crippen LogP contribution is -2.10. The number of esters is 1. The molecule has 17 heavy (non-hydrogen) atoms. The predicted octanol–water partition coefficient (Wildman–Crippen LogP) is 2.13. The molecule has 0 saturated heterocycles. The van der Waals surface area contributed by atoms with E-state index in [1.54, 1.807) is 6.92 Å². The summed E-state index contributed by atoms with van der Waals surface area (Å²) in [4.78, 5) is 15.6. The second-order valence-corrected chi connectivity index (χ2v) is 3.48. The van der Waals surface area contributed by atoms with Crippen molar-refractivity contribution in [1.82, 2.24) is 4.98 Å². The number of hydrogen-bond donors (Lipinski definition) is 1. The maximum Gasteiger partial charge on any atom is 0.359 e. The molecule has 0 fully saturated rings. The first-order valence-electron chi connectivity index (χ1n) is 5.14. The molecule has 1 aromatic carbocycles. The van der Waals surface area contributed by atoms with Crippen LogP contribution < -0.4 is 5.73 Å². The normalized spacial score (nSPS) is 10.5. The summed E-state index contributed by atoms with van der Waals surface area (Å²) < 4.78 is 17.8. The predicted molar refractivity (Wildman–Crippen MR) is 62.1 cm³/mol. The third-order valence-electron chi connectivity index (χ3n) is 2.28. The van der Waals surface area contributed by atoms with Crippen molar-refractivity contribution in [3.05, 3.63) is 35.8 Å². The number of aromatic nitrogens is 1. The molecule has 0 aliphatic heterocycles. The molecule has 0 amide bonds. The average molecular weight is 234 g/mol. The monoisotopic (exact) mass is 234 g/mol. The van der Waals surface area contributed by atoms with Gasteiger partial charge in [-0.3, -0.25) is 0 Å². The van der Waals surface area contributed by atoms with Crippen molar-refractivity contribution in [3.8, 4) is 0 Å². The molecule has 0 atom stereocenters. The Morgan fingerprint density at radius 2 is 2.24 bits per heavy atom. The van der Waals surface area contributed by atoms with Gasteiger partial charge in [0.15, 0.2) is 5.69 Å². The van der Waals surface area contributed by atoms with Crippen LogP contribution in [0.1, 0.15) is 17.4 Å². The smallest absolute Gasteiger partial charge is 0.359 e. The number of carbonyl (C=O) groups excluding carboxylic acids is 1. The van der Waals surface area contributed by atoms with Crippen LogP contribution >= 0.6 is 0 Å². The number of benzene rings is 1. The summed E-state index contributed by atoms with van der Waals surface area (Å²) in [5, 5.41) is 0.551. The van der Waals surface area contributed by atoms with Crippen LogP contribution in [0.4, 0.5) is 10.1 Å². The van der Waals surface area contributed by atoms with E-state index in [9.17, 15) is 9.18 Å². The zero-order valence-corrected chi connectivity index (χ0v) is 9.24. The van der Waals surface area contributed by atoms with Gasteiger partial charge < -0.3 is 10.5 Å². The van der Waals surface area contributed by atoms with Gasteiger partial charge in [0.1, 0.15) is 5.82 Å². The molecule has 4 nitrogen and oxygen atoms in total. The van der Waals surface area contributed by atoms with Crippen molar-refractivity contribution < 1.29 is 13.9 Å². The van der Waals surface area contributed by atoms with Crippen LogP contribution in [-0.2, 0) is 4.74 Å². The van der Waals surface area contributed by atoms with Crippen molar-refractivity contribution >= 4 is 22.6 Å². The number of nitrogen functional groups attached to an aromatic ring is 1. The van der Waals surface area contributed by atoms with Gasteiger partial charge in [0.25, 0.3) is 0 Å². The summed E-state index contributed by atoms with van der Waals surface area (Å²) in [7, 11) is 0. The fourth-order valence-corrected chi connectivity index (χ4v) is 1.53. The Morgan fingerprint density at radius 1 is 1.47 bits per heavy atom. The lowest BCUT2D eigenvalue weighted by molar-refractivity contribution is 0.0521. The zero-order valence-electron chi connectivity index (χ0n) is 9.24. The molecule has 0 radical (unpaired) electrons. The molecule has 0 spiro atoms. The van der Waals surface area contributed by atoms with Gasteiger partial charge in [0.05, 0.1) is 17.8 Å². The second-order valence-electron chi connectivity index (χ2n) is 3.48. The van der Waals surface area contributed by atoms with Gasteiger partial charge >= 0.3 is 5.97 Å². The van der Waals surface area contributed by atoms with Gasteiger partial charge in [-0.15, -0.1) is 0 Å². The number of nitrogens with zero attached hydrogens (tertiary/aromatic N) is 1. The maximum absolute atomic E-state index is 13.0. The highest BCUT2D eigenvalue weighted by atomic mass is 19.1. The first-order valence-corrected chi connectivity index (χ1v) is 5.14. The Hall–Kier alpha value is -2.17. The van der Waals surface area contributed by atoms with Crippen molar-refractivity contribution in [1.29, 1.82) is 0 Å². The zero-order chi connectivity index (χ0) is 12.4. The number of anilines is 1. The Labute approximate surface area is 97.2 Å². The Balaban J connectivity index is 2.55. The highest BCUT2D eigenvalue weighted by Crippen LogP contribution is 2.20. The van der Waals surface area contributed by atoms with Gasteiger partial charge in [-0.25, -0.2) is 14.2 Å². The van der Waals surface area contributed by atoms with E-state index in [1.165, 1.54) is 24.3 Å². The molecule has 1 aromatic heterocycles. The average Bonchev–Trinajstić information content (AvgIpc) is 2.28. The molecule has 2 N–H and O–H groups in total. The van der Waals surface area contributed by atoms with E-state index in [4.69, 9.17) is 10.5 Å². The molecule has 1 heterocycles. The number of pyridine rings is 1. The van der Waals surface area contributed by atoms with Crippen LogP contribution in [0.25, 0.3) is 10.9 Å². The highest BCUT2D eigenvalue weighted by molar-refractivity contribution is 5.97. The molecule has 0 unspecified atom stereocenters. The number of carbonyl (C=O) groups is 1. The van der Waals surface area contributed by atoms with E-state index in [1.807, 2.05) is 0 Å². The van der Waals surface area contributed by atoms with Crippen LogP contribution in [0.5, 0.6) is 0 Å². The Bertz CT molecular complexity index is 584. The summed E-state index contributed by atoms with van der Waals surface area (Å²) in [6.07, 6.45) is 0. The number of rotatable bonds is 2. The summed E-state index contributed by atoms with van der Waals surface area (Å²) >= 11 is 0. The number of halogens is 1. The van der Waals surface area contributed by atoms with E-state index in [2.05, 4.69) is 4.98 Å². The summed E-state index contributed by atoms with van der Waals surface area (Å²) in [6, 6.07) is 5.60. The molecular formula is C12H11FN2O2. The Morgan fingerprint density at radius 3 is 2.94 bits per heavy atom. The van der Waals surface area contributed by atoms with Crippen molar-refractivity contribution in [3.63, 3.8) is 0 Å². The van der Waals surface area contributed by atoms with Crippen LogP contribution in [0.2, 0.25) is 0 Å². The molecule has 0 bridgehead atoms. The quantitative estimate of drug-likeness (QED) is 0.808. The van der Waals surface area contributed by atoms with Crippen LogP contribution in [-0.4, -0.2) is 17.6 Å². The SMILES string of the molecule is CCOC(=O)c1nc2ccc(F)cc2cc1N. The largest absolute Gasteiger partial charge is 0.461 e. The first kappa shape index (κ1) is 11.3. The van der Waals surface area contributed by atoms with Gasteiger partial charge in [-0.1, -0.05) is 0 Å². The first-order chi connectivity index (χ1) is 8.11. The number of nitrogens with two attached hydrogens (primary N) is 1. The minimum atomic E-state index is -0.573. The molecule has 0 aliphatic carbocycles. The van der Waals surface area contributed by atoms with Crippen LogP contribution in [0.3, 0.4) is 0 Å². The van der Waals surface area contributed by atoms with Crippen molar-refractivity contribution in [2.75, 3.05) is 12.3 Å². The fourth-order valence-electron chi connectivity index (χ4n) is 1.53. The third-order valence-corrected chi connectivity index (χ3v) is 2.28. The molecule has 88 valence electrons. The highest BCUT2D eigenvalue weighted by Gasteiger charge is 2.14. The molecule has 5 heteroatoms.